The summed E-state index contributed by atoms with van der Waals surface area (Å²) >= 11 is 0. The zero-order chi connectivity index (χ0) is 15.4. The maximum absolute atomic E-state index is 10.5. The molecule has 0 spiro atoms. The van der Waals surface area contributed by atoms with Gasteiger partial charge in [0.1, 0.15) is 12.0 Å². The summed E-state index contributed by atoms with van der Waals surface area (Å²) in [5.41, 5.74) is 1.72. The Morgan fingerprint density at radius 2 is 1.65 bits per heavy atom. The smallest absolute Gasteiger partial charge is 0.219 e. The fourth-order valence-electron chi connectivity index (χ4n) is 1.25. The second kappa shape index (κ2) is 10.7. The van der Waals surface area contributed by atoms with Crippen LogP contribution in [-0.4, -0.2) is 23.5 Å². The lowest BCUT2D eigenvalue weighted by molar-refractivity contribution is 0.112. The van der Waals surface area contributed by atoms with Crippen LogP contribution in [0, 0.1) is 6.92 Å². The van der Waals surface area contributed by atoms with E-state index in [0.717, 1.165) is 19.0 Å². The minimum Gasteiger partial charge on any atom is -0.439 e. The van der Waals surface area contributed by atoms with Crippen molar-refractivity contribution in [1.29, 1.82) is 0 Å². The molecule has 0 aliphatic carbocycles. The molecule has 0 fully saturated rings. The molecular formula is C16H21NO3. The number of pyridine rings is 1. The molecule has 1 aromatic heterocycles. The van der Waals surface area contributed by atoms with E-state index >= 15 is 0 Å². The summed E-state index contributed by atoms with van der Waals surface area (Å²) in [6.45, 7) is 5.97. The molecule has 0 radical (unpaired) electrons. The number of aryl methyl sites for hydroxylation is 1. The molecule has 0 aliphatic heterocycles. The Morgan fingerprint density at radius 1 is 1.05 bits per heavy atom. The lowest BCUT2D eigenvalue weighted by atomic mass is 10.2. The SMILES string of the molecule is CC.CO.Cc1ccc(Oc2ccc(C=O)cc2)nc1. The molecule has 0 aliphatic rings. The lowest BCUT2D eigenvalue weighted by Crippen LogP contribution is -1.88. The Bertz CT molecular complexity index is 478. The number of aliphatic hydroxyl groups excluding tert-OH is 1. The highest BCUT2D eigenvalue weighted by Gasteiger charge is 1.98. The summed E-state index contributed by atoms with van der Waals surface area (Å²) in [5.74, 6) is 1.21. The van der Waals surface area contributed by atoms with Crippen LogP contribution in [0.5, 0.6) is 11.6 Å². The van der Waals surface area contributed by atoms with Gasteiger partial charge < -0.3 is 9.84 Å². The van der Waals surface area contributed by atoms with Crippen LogP contribution in [0.25, 0.3) is 0 Å². The molecule has 4 heteroatoms. The van der Waals surface area contributed by atoms with Crippen molar-refractivity contribution in [3.8, 4) is 11.6 Å². The van der Waals surface area contributed by atoms with E-state index < -0.39 is 0 Å². The summed E-state index contributed by atoms with van der Waals surface area (Å²) in [6, 6.07) is 10.6. The average molecular weight is 275 g/mol. The molecule has 20 heavy (non-hydrogen) atoms. The molecule has 108 valence electrons. The molecular weight excluding hydrogens is 254 g/mol. The summed E-state index contributed by atoms with van der Waals surface area (Å²) in [6.07, 6.45) is 2.54. The van der Waals surface area contributed by atoms with Crippen molar-refractivity contribution < 1.29 is 14.6 Å². The first-order chi connectivity index (χ1) is 9.78. The highest BCUT2D eigenvalue weighted by atomic mass is 16.5. The summed E-state index contributed by atoms with van der Waals surface area (Å²) in [4.78, 5) is 14.6. The predicted octanol–water partition coefficient (Wildman–Crippen LogP) is 3.63. The molecule has 1 N–H and O–H groups in total. The van der Waals surface area contributed by atoms with Crippen LogP contribution < -0.4 is 4.74 Å². The zero-order valence-corrected chi connectivity index (χ0v) is 12.3. The van der Waals surface area contributed by atoms with E-state index in [1.54, 1.807) is 30.5 Å². The Morgan fingerprint density at radius 3 is 2.10 bits per heavy atom. The zero-order valence-electron chi connectivity index (χ0n) is 12.3. The van der Waals surface area contributed by atoms with Gasteiger partial charge in [-0.05, 0) is 36.8 Å². The molecule has 1 heterocycles. The van der Waals surface area contributed by atoms with Gasteiger partial charge in [-0.15, -0.1) is 0 Å². The number of aliphatic hydroxyl groups is 1. The maximum Gasteiger partial charge on any atom is 0.219 e. The van der Waals surface area contributed by atoms with Gasteiger partial charge in [-0.2, -0.15) is 0 Å². The van der Waals surface area contributed by atoms with E-state index in [-0.39, 0.29) is 0 Å². The van der Waals surface area contributed by atoms with Gasteiger partial charge in [0.2, 0.25) is 5.88 Å². The van der Waals surface area contributed by atoms with Gasteiger partial charge >= 0.3 is 0 Å². The summed E-state index contributed by atoms with van der Waals surface area (Å²) < 4.78 is 5.51. The van der Waals surface area contributed by atoms with E-state index in [4.69, 9.17) is 9.84 Å². The Balaban J connectivity index is 0.000000829. The van der Waals surface area contributed by atoms with Crippen LogP contribution in [-0.2, 0) is 0 Å². The highest BCUT2D eigenvalue weighted by Crippen LogP contribution is 2.19. The van der Waals surface area contributed by atoms with Crippen LogP contribution in [0.3, 0.4) is 0 Å². The van der Waals surface area contributed by atoms with Gasteiger partial charge in [0.25, 0.3) is 0 Å². The minimum atomic E-state index is 0.546. The number of hydrogen-bond donors (Lipinski definition) is 1. The van der Waals surface area contributed by atoms with Gasteiger partial charge in [0.15, 0.2) is 0 Å². The van der Waals surface area contributed by atoms with Crippen molar-refractivity contribution in [3.05, 3.63) is 53.7 Å². The van der Waals surface area contributed by atoms with Crippen molar-refractivity contribution in [2.24, 2.45) is 0 Å². The molecule has 2 rings (SSSR count). The topological polar surface area (TPSA) is 59.4 Å². The Kier molecular flexibility index (Phi) is 9.52. The van der Waals surface area contributed by atoms with E-state index in [1.165, 1.54) is 0 Å². The molecule has 4 nitrogen and oxygen atoms in total. The number of nitrogens with zero attached hydrogens (tertiary/aromatic N) is 1. The highest BCUT2D eigenvalue weighted by molar-refractivity contribution is 5.74. The van der Waals surface area contributed by atoms with Crippen LogP contribution in [0.15, 0.2) is 42.6 Å². The standard InChI is InChI=1S/C13H11NO2.C2H6.CH4O/c1-10-2-7-13(14-8-10)16-12-5-3-11(9-15)4-6-12;2*1-2/h2-9H,1H3;1-2H3;2H,1H3. The van der Waals surface area contributed by atoms with Crippen LogP contribution in [0.2, 0.25) is 0 Å². The maximum atomic E-state index is 10.5. The second-order valence-corrected chi connectivity index (χ2v) is 3.46. The van der Waals surface area contributed by atoms with Crippen LogP contribution >= 0.6 is 0 Å². The van der Waals surface area contributed by atoms with E-state index in [0.29, 0.717) is 17.2 Å². The van der Waals surface area contributed by atoms with Gasteiger partial charge in [-0.3, -0.25) is 4.79 Å². The molecule has 0 amide bonds. The van der Waals surface area contributed by atoms with Crippen LogP contribution in [0.1, 0.15) is 29.8 Å². The number of ether oxygens (including phenoxy) is 1. The fourth-order valence-corrected chi connectivity index (χ4v) is 1.25. The minimum absolute atomic E-state index is 0.546. The monoisotopic (exact) mass is 275 g/mol. The number of hydrogen-bond acceptors (Lipinski definition) is 4. The summed E-state index contributed by atoms with van der Waals surface area (Å²) in [5, 5.41) is 7.00. The molecule has 2 aromatic rings. The predicted molar refractivity (Wildman–Crippen MR) is 80.4 cm³/mol. The van der Waals surface area contributed by atoms with Crippen LogP contribution in [0.4, 0.5) is 0 Å². The third-order valence-corrected chi connectivity index (χ3v) is 2.12. The lowest BCUT2D eigenvalue weighted by Gasteiger charge is -2.04. The third-order valence-electron chi connectivity index (χ3n) is 2.12. The largest absolute Gasteiger partial charge is 0.439 e. The number of aldehydes is 1. The molecule has 0 saturated carbocycles. The van der Waals surface area contributed by atoms with Gasteiger partial charge in [-0.25, -0.2) is 4.98 Å². The Labute approximate surface area is 120 Å². The van der Waals surface area contributed by atoms with Crippen molar-refractivity contribution in [2.75, 3.05) is 7.11 Å². The van der Waals surface area contributed by atoms with Gasteiger partial charge in [-0.1, -0.05) is 19.9 Å². The quantitative estimate of drug-likeness (QED) is 0.869. The number of carbonyl (C=O) groups excluding carboxylic acids is 1. The Hall–Kier alpha value is -2.20. The van der Waals surface area contributed by atoms with Gasteiger partial charge in [0, 0.05) is 24.9 Å². The molecule has 0 saturated heterocycles. The first kappa shape index (κ1) is 17.8. The van der Waals surface area contributed by atoms with Crippen molar-refractivity contribution in [2.45, 2.75) is 20.8 Å². The molecule has 0 unspecified atom stereocenters. The number of aromatic nitrogens is 1. The molecule has 1 aromatic carbocycles. The molecule has 0 bridgehead atoms. The van der Waals surface area contributed by atoms with E-state index in [2.05, 4.69) is 4.98 Å². The van der Waals surface area contributed by atoms with E-state index in [1.807, 2.05) is 32.9 Å². The first-order valence-corrected chi connectivity index (χ1v) is 6.38. The fraction of sp³-hybridized carbons (Fsp3) is 0.250. The molecule has 0 atom stereocenters. The number of benzene rings is 1. The summed E-state index contributed by atoms with van der Waals surface area (Å²) in [7, 11) is 1.00. The third kappa shape index (κ3) is 6.11. The van der Waals surface area contributed by atoms with Crippen molar-refractivity contribution >= 4 is 6.29 Å². The van der Waals surface area contributed by atoms with Gasteiger partial charge in [0.05, 0.1) is 0 Å². The number of carbonyl (C=O) groups is 1. The first-order valence-electron chi connectivity index (χ1n) is 6.38. The van der Waals surface area contributed by atoms with Crippen molar-refractivity contribution in [3.63, 3.8) is 0 Å². The second-order valence-electron chi connectivity index (χ2n) is 3.46. The average Bonchev–Trinajstić information content (AvgIpc) is 2.54. The van der Waals surface area contributed by atoms with Crippen molar-refractivity contribution in [1.82, 2.24) is 4.98 Å². The number of rotatable bonds is 3. The van der Waals surface area contributed by atoms with E-state index in [9.17, 15) is 4.79 Å². The normalized spacial score (nSPS) is 8.45.